The SMILES string of the molecule is O=C(NCCC(O)C(=O)O)c1cc([N+](=O)[O-])ccc1Br. The molecule has 9 heteroatoms. The molecule has 0 bridgehead atoms. The van der Waals surface area contributed by atoms with Crippen molar-refractivity contribution in [3.05, 3.63) is 38.3 Å². The van der Waals surface area contributed by atoms with E-state index < -0.39 is 22.9 Å². The van der Waals surface area contributed by atoms with E-state index in [1.54, 1.807) is 0 Å². The van der Waals surface area contributed by atoms with Crippen LogP contribution in [0.3, 0.4) is 0 Å². The van der Waals surface area contributed by atoms with Crippen molar-refractivity contribution in [1.82, 2.24) is 5.32 Å². The van der Waals surface area contributed by atoms with Crippen LogP contribution in [0.2, 0.25) is 0 Å². The summed E-state index contributed by atoms with van der Waals surface area (Å²) in [5.74, 6) is -1.98. The van der Waals surface area contributed by atoms with Gasteiger partial charge in [-0.2, -0.15) is 0 Å². The topological polar surface area (TPSA) is 130 Å². The Morgan fingerprint density at radius 1 is 1.45 bits per heavy atom. The van der Waals surface area contributed by atoms with Gasteiger partial charge in [-0.1, -0.05) is 0 Å². The number of aliphatic hydroxyl groups excluding tert-OH is 1. The summed E-state index contributed by atoms with van der Waals surface area (Å²) in [7, 11) is 0. The highest BCUT2D eigenvalue weighted by Gasteiger charge is 2.17. The lowest BCUT2D eigenvalue weighted by molar-refractivity contribution is -0.384. The molecule has 0 aliphatic carbocycles. The quantitative estimate of drug-likeness (QED) is 0.518. The minimum absolute atomic E-state index is 0.0593. The highest BCUT2D eigenvalue weighted by Crippen LogP contribution is 2.22. The van der Waals surface area contributed by atoms with E-state index in [2.05, 4.69) is 21.2 Å². The number of halogens is 1. The Balaban J connectivity index is 2.70. The van der Waals surface area contributed by atoms with Gasteiger partial charge in [-0.05, 0) is 22.0 Å². The lowest BCUT2D eigenvalue weighted by atomic mass is 10.2. The maximum Gasteiger partial charge on any atom is 0.332 e. The largest absolute Gasteiger partial charge is 0.479 e. The highest BCUT2D eigenvalue weighted by molar-refractivity contribution is 9.10. The third-order valence-corrected chi connectivity index (χ3v) is 3.09. The van der Waals surface area contributed by atoms with Crippen LogP contribution >= 0.6 is 15.9 Å². The summed E-state index contributed by atoms with van der Waals surface area (Å²) in [6.07, 6.45) is -1.72. The van der Waals surface area contributed by atoms with Crippen molar-refractivity contribution in [3.8, 4) is 0 Å². The number of hydrogen-bond donors (Lipinski definition) is 3. The van der Waals surface area contributed by atoms with Crippen molar-refractivity contribution in [2.24, 2.45) is 0 Å². The molecule has 20 heavy (non-hydrogen) atoms. The molecule has 3 N–H and O–H groups in total. The molecule has 0 aliphatic rings. The van der Waals surface area contributed by atoms with Gasteiger partial charge in [-0.25, -0.2) is 4.79 Å². The molecule has 1 aromatic carbocycles. The zero-order valence-corrected chi connectivity index (χ0v) is 11.7. The van der Waals surface area contributed by atoms with Crippen LogP contribution < -0.4 is 5.32 Å². The number of carboxylic acid groups (broad SMARTS) is 1. The standard InChI is InChI=1S/C11H11BrN2O6/c12-8-2-1-6(14(19)20)5-7(8)10(16)13-4-3-9(15)11(17)18/h1-2,5,9,15H,3-4H2,(H,13,16)(H,17,18). The van der Waals surface area contributed by atoms with E-state index in [9.17, 15) is 19.7 Å². The Morgan fingerprint density at radius 3 is 2.65 bits per heavy atom. The van der Waals surface area contributed by atoms with Gasteiger partial charge >= 0.3 is 5.97 Å². The number of aliphatic carboxylic acids is 1. The number of hydrogen-bond acceptors (Lipinski definition) is 5. The van der Waals surface area contributed by atoms with E-state index in [0.717, 1.165) is 6.07 Å². The van der Waals surface area contributed by atoms with Crippen molar-refractivity contribution in [2.45, 2.75) is 12.5 Å². The van der Waals surface area contributed by atoms with Gasteiger partial charge in [0.1, 0.15) is 0 Å². The molecule has 1 aromatic rings. The minimum atomic E-state index is -1.57. The normalized spacial score (nSPS) is 11.7. The van der Waals surface area contributed by atoms with Crippen LogP contribution in [0, 0.1) is 10.1 Å². The average Bonchev–Trinajstić information content (AvgIpc) is 2.38. The fraction of sp³-hybridized carbons (Fsp3) is 0.273. The Labute approximate surface area is 121 Å². The fourth-order valence-corrected chi connectivity index (χ4v) is 1.77. The molecule has 0 saturated carbocycles. The van der Waals surface area contributed by atoms with Crippen molar-refractivity contribution >= 4 is 33.5 Å². The highest BCUT2D eigenvalue weighted by atomic mass is 79.9. The Bertz CT molecular complexity index is 548. The molecule has 0 aromatic heterocycles. The van der Waals surface area contributed by atoms with Crippen molar-refractivity contribution in [2.75, 3.05) is 6.54 Å². The van der Waals surface area contributed by atoms with Gasteiger partial charge in [0.25, 0.3) is 11.6 Å². The predicted octanol–water partition coefficient (Wildman–Crippen LogP) is 0.923. The molecule has 0 spiro atoms. The van der Waals surface area contributed by atoms with Crippen LogP contribution in [0.1, 0.15) is 16.8 Å². The summed E-state index contributed by atoms with van der Waals surface area (Å²) >= 11 is 3.10. The minimum Gasteiger partial charge on any atom is -0.479 e. The molecule has 1 rings (SSSR count). The van der Waals surface area contributed by atoms with Crippen LogP contribution in [0.4, 0.5) is 5.69 Å². The summed E-state index contributed by atoms with van der Waals surface area (Å²) in [5.41, 5.74) is -0.173. The van der Waals surface area contributed by atoms with Crippen LogP contribution in [0.5, 0.6) is 0 Å². The summed E-state index contributed by atoms with van der Waals surface area (Å²) in [4.78, 5) is 32.2. The third kappa shape index (κ3) is 4.28. The number of nitrogens with zero attached hydrogens (tertiary/aromatic N) is 1. The predicted molar refractivity (Wildman–Crippen MR) is 71.4 cm³/mol. The smallest absolute Gasteiger partial charge is 0.332 e. The van der Waals surface area contributed by atoms with Gasteiger partial charge in [-0.15, -0.1) is 0 Å². The number of non-ortho nitro benzene ring substituents is 1. The summed E-state index contributed by atoms with van der Waals surface area (Å²) in [6, 6.07) is 3.72. The number of carboxylic acids is 1. The molecular formula is C11H11BrN2O6. The number of nitro benzene ring substituents is 1. The van der Waals surface area contributed by atoms with Gasteiger partial charge in [0.05, 0.1) is 10.5 Å². The fourth-order valence-electron chi connectivity index (χ4n) is 1.34. The molecular weight excluding hydrogens is 336 g/mol. The van der Waals surface area contributed by atoms with E-state index in [-0.39, 0.29) is 24.2 Å². The van der Waals surface area contributed by atoms with Gasteiger partial charge in [0.15, 0.2) is 6.10 Å². The molecule has 108 valence electrons. The van der Waals surface area contributed by atoms with E-state index in [4.69, 9.17) is 10.2 Å². The maximum absolute atomic E-state index is 11.8. The van der Waals surface area contributed by atoms with E-state index >= 15 is 0 Å². The molecule has 0 heterocycles. The maximum atomic E-state index is 11.8. The van der Waals surface area contributed by atoms with Crippen LogP contribution in [0.25, 0.3) is 0 Å². The first-order valence-electron chi connectivity index (χ1n) is 5.46. The number of carbonyl (C=O) groups is 2. The van der Waals surface area contributed by atoms with Crippen LogP contribution in [0.15, 0.2) is 22.7 Å². The Kier molecular flexibility index (Phi) is 5.59. The van der Waals surface area contributed by atoms with Crippen LogP contribution in [-0.2, 0) is 4.79 Å². The van der Waals surface area contributed by atoms with Crippen molar-refractivity contribution in [1.29, 1.82) is 0 Å². The first kappa shape index (κ1) is 16.1. The number of aliphatic hydroxyl groups is 1. The van der Waals surface area contributed by atoms with Gasteiger partial charge < -0.3 is 15.5 Å². The second kappa shape index (κ2) is 6.96. The number of benzene rings is 1. The zero-order chi connectivity index (χ0) is 15.3. The molecule has 0 aliphatic heterocycles. The molecule has 8 nitrogen and oxygen atoms in total. The number of rotatable bonds is 6. The number of amides is 1. The number of nitrogens with one attached hydrogen (secondary N) is 1. The van der Waals surface area contributed by atoms with Crippen molar-refractivity contribution < 1.29 is 24.7 Å². The Hall–Kier alpha value is -2.00. The van der Waals surface area contributed by atoms with E-state index in [0.29, 0.717) is 4.47 Å². The second-order valence-corrected chi connectivity index (χ2v) is 4.67. The molecule has 1 unspecified atom stereocenters. The molecule has 1 atom stereocenters. The Morgan fingerprint density at radius 2 is 2.10 bits per heavy atom. The van der Waals surface area contributed by atoms with E-state index in [1.165, 1.54) is 12.1 Å². The molecule has 0 fully saturated rings. The first-order valence-corrected chi connectivity index (χ1v) is 6.25. The second-order valence-electron chi connectivity index (χ2n) is 3.82. The monoisotopic (exact) mass is 346 g/mol. The summed E-state index contributed by atoms with van der Waals surface area (Å²) < 4.78 is 0.374. The molecule has 1 amide bonds. The molecule has 0 radical (unpaired) electrons. The van der Waals surface area contributed by atoms with E-state index in [1.807, 2.05) is 0 Å². The lowest BCUT2D eigenvalue weighted by Gasteiger charge is -2.08. The zero-order valence-electron chi connectivity index (χ0n) is 10.1. The summed E-state index contributed by atoms with van der Waals surface area (Å²) in [5, 5.41) is 30.5. The van der Waals surface area contributed by atoms with Gasteiger partial charge in [0.2, 0.25) is 0 Å². The van der Waals surface area contributed by atoms with Gasteiger partial charge in [-0.3, -0.25) is 14.9 Å². The molecule has 0 saturated heterocycles. The lowest BCUT2D eigenvalue weighted by Crippen LogP contribution is -2.30. The van der Waals surface area contributed by atoms with Crippen molar-refractivity contribution in [3.63, 3.8) is 0 Å². The average molecular weight is 347 g/mol. The first-order chi connectivity index (χ1) is 9.32. The number of carbonyl (C=O) groups excluding carboxylic acids is 1. The summed E-state index contributed by atoms with van der Waals surface area (Å²) in [6.45, 7) is -0.0680. The van der Waals surface area contributed by atoms with Gasteiger partial charge in [0, 0.05) is 29.6 Å². The third-order valence-electron chi connectivity index (χ3n) is 2.39. The number of nitro groups is 1. The van der Waals surface area contributed by atoms with Crippen LogP contribution in [-0.4, -0.2) is 39.7 Å².